The van der Waals surface area contributed by atoms with Crippen LogP contribution in [0.5, 0.6) is 5.75 Å². The minimum Gasteiger partial charge on any atom is -0.493 e. The van der Waals surface area contributed by atoms with E-state index in [4.69, 9.17) is 10.00 Å². The molecule has 20 heavy (non-hydrogen) atoms. The average Bonchev–Trinajstić information content (AvgIpc) is 2.44. The summed E-state index contributed by atoms with van der Waals surface area (Å²) in [6.45, 7) is 4.51. The molecule has 0 aromatic heterocycles. The fourth-order valence-corrected chi connectivity index (χ4v) is 1.57. The van der Waals surface area contributed by atoms with Gasteiger partial charge in [0.2, 0.25) is 0 Å². The standard InChI is InChI=1S/C15H17FN2O2/c1-3-8-18-15(19)11(10-17)9-12-13(16)6-5-7-14(12)20-4-2/h5-7,9H,3-4,8H2,1-2H3,(H,18,19)/b11-9+. The number of rotatable bonds is 6. The number of ether oxygens (including phenoxy) is 1. The summed E-state index contributed by atoms with van der Waals surface area (Å²) in [7, 11) is 0. The van der Waals surface area contributed by atoms with E-state index < -0.39 is 11.7 Å². The van der Waals surface area contributed by atoms with E-state index in [1.54, 1.807) is 19.1 Å². The molecular formula is C15H17FN2O2. The van der Waals surface area contributed by atoms with Crippen LogP contribution < -0.4 is 10.1 Å². The summed E-state index contributed by atoms with van der Waals surface area (Å²) in [5.74, 6) is -0.740. The van der Waals surface area contributed by atoms with Crippen molar-refractivity contribution in [1.82, 2.24) is 5.32 Å². The summed E-state index contributed by atoms with van der Waals surface area (Å²) in [5, 5.41) is 11.6. The molecule has 5 heteroatoms. The van der Waals surface area contributed by atoms with Crippen LogP contribution in [0.1, 0.15) is 25.8 Å². The number of hydrogen-bond acceptors (Lipinski definition) is 3. The predicted molar refractivity (Wildman–Crippen MR) is 74.5 cm³/mol. The van der Waals surface area contributed by atoms with E-state index in [0.29, 0.717) is 18.9 Å². The summed E-state index contributed by atoms with van der Waals surface area (Å²) in [5.41, 5.74) is -0.0398. The van der Waals surface area contributed by atoms with Crippen molar-refractivity contribution in [1.29, 1.82) is 5.26 Å². The minimum atomic E-state index is -0.535. The second kappa shape index (κ2) is 7.95. The van der Waals surface area contributed by atoms with Crippen molar-refractivity contribution in [2.45, 2.75) is 20.3 Å². The molecule has 0 heterocycles. The Morgan fingerprint density at radius 2 is 2.25 bits per heavy atom. The zero-order valence-electron chi connectivity index (χ0n) is 11.6. The Labute approximate surface area is 117 Å². The first-order valence-electron chi connectivity index (χ1n) is 6.45. The molecule has 0 saturated heterocycles. The molecule has 0 aliphatic carbocycles. The summed E-state index contributed by atoms with van der Waals surface area (Å²) in [4.78, 5) is 11.8. The van der Waals surface area contributed by atoms with Gasteiger partial charge in [-0.2, -0.15) is 5.26 Å². The highest BCUT2D eigenvalue weighted by molar-refractivity contribution is 6.02. The second-order valence-corrected chi connectivity index (χ2v) is 4.01. The summed E-state index contributed by atoms with van der Waals surface area (Å²) >= 11 is 0. The van der Waals surface area contributed by atoms with Crippen molar-refractivity contribution >= 4 is 12.0 Å². The van der Waals surface area contributed by atoms with Gasteiger partial charge in [-0.3, -0.25) is 4.79 Å². The number of nitriles is 1. The summed E-state index contributed by atoms with van der Waals surface area (Å²) in [6, 6.07) is 6.15. The molecule has 0 aliphatic rings. The maximum absolute atomic E-state index is 13.8. The second-order valence-electron chi connectivity index (χ2n) is 4.01. The molecule has 0 saturated carbocycles. The van der Waals surface area contributed by atoms with E-state index in [-0.39, 0.29) is 11.1 Å². The SMILES string of the molecule is CCCNC(=O)/C(C#N)=C/c1c(F)cccc1OCC. The number of hydrogen-bond donors (Lipinski definition) is 1. The van der Waals surface area contributed by atoms with Crippen LogP contribution in [0.25, 0.3) is 6.08 Å². The van der Waals surface area contributed by atoms with Gasteiger partial charge in [-0.25, -0.2) is 4.39 Å². The quantitative estimate of drug-likeness (QED) is 0.642. The number of carbonyl (C=O) groups excluding carboxylic acids is 1. The van der Waals surface area contributed by atoms with Gasteiger partial charge in [-0.15, -0.1) is 0 Å². The van der Waals surface area contributed by atoms with Crippen molar-refractivity contribution in [2.75, 3.05) is 13.2 Å². The number of nitrogens with zero attached hydrogens (tertiary/aromatic N) is 1. The Balaban J connectivity index is 3.13. The van der Waals surface area contributed by atoms with Crippen LogP contribution in [0.4, 0.5) is 4.39 Å². The molecule has 1 amide bonds. The molecule has 1 aromatic carbocycles. The van der Waals surface area contributed by atoms with Crippen molar-refractivity contribution in [3.63, 3.8) is 0 Å². The average molecular weight is 276 g/mol. The Morgan fingerprint density at radius 1 is 1.50 bits per heavy atom. The Hall–Kier alpha value is -2.35. The van der Waals surface area contributed by atoms with Crippen LogP contribution in [0, 0.1) is 17.1 Å². The monoisotopic (exact) mass is 276 g/mol. The van der Waals surface area contributed by atoms with Gasteiger partial charge in [0.15, 0.2) is 0 Å². The highest BCUT2D eigenvalue weighted by Gasteiger charge is 2.13. The molecule has 0 fully saturated rings. The van der Waals surface area contributed by atoms with Crippen molar-refractivity contribution < 1.29 is 13.9 Å². The number of nitrogens with one attached hydrogen (secondary N) is 1. The molecule has 1 rings (SSSR count). The van der Waals surface area contributed by atoms with E-state index >= 15 is 0 Å². The van der Waals surface area contributed by atoms with Crippen LogP contribution in [0.15, 0.2) is 23.8 Å². The molecule has 0 unspecified atom stereocenters. The lowest BCUT2D eigenvalue weighted by molar-refractivity contribution is -0.117. The third kappa shape index (κ3) is 4.09. The van der Waals surface area contributed by atoms with Crippen LogP contribution in [0.2, 0.25) is 0 Å². The third-order valence-electron chi connectivity index (χ3n) is 2.50. The topological polar surface area (TPSA) is 62.1 Å². The van der Waals surface area contributed by atoms with Crippen LogP contribution >= 0.6 is 0 Å². The lowest BCUT2D eigenvalue weighted by Crippen LogP contribution is -2.25. The lowest BCUT2D eigenvalue weighted by Gasteiger charge is -2.08. The number of amides is 1. The number of carbonyl (C=O) groups is 1. The first kappa shape index (κ1) is 15.7. The molecule has 1 N–H and O–H groups in total. The van der Waals surface area contributed by atoms with Gasteiger partial charge in [0, 0.05) is 6.54 Å². The van der Waals surface area contributed by atoms with Gasteiger partial charge in [-0.05, 0) is 31.6 Å². The van der Waals surface area contributed by atoms with Crippen molar-refractivity contribution in [2.24, 2.45) is 0 Å². The first-order chi connectivity index (χ1) is 9.63. The highest BCUT2D eigenvalue weighted by Crippen LogP contribution is 2.24. The lowest BCUT2D eigenvalue weighted by atomic mass is 10.1. The molecule has 106 valence electrons. The fourth-order valence-electron chi connectivity index (χ4n) is 1.57. The van der Waals surface area contributed by atoms with E-state index in [1.165, 1.54) is 18.2 Å². The van der Waals surface area contributed by atoms with E-state index in [1.807, 2.05) is 6.92 Å². The zero-order chi connectivity index (χ0) is 15.0. The summed E-state index contributed by atoms with van der Waals surface area (Å²) < 4.78 is 19.1. The van der Waals surface area contributed by atoms with Crippen molar-refractivity contribution in [3.05, 3.63) is 35.2 Å². The van der Waals surface area contributed by atoms with Crippen LogP contribution in [0.3, 0.4) is 0 Å². The van der Waals surface area contributed by atoms with Crippen molar-refractivity contribution in [3.8, 4) is 11.8 Å². The van der Waals surface area contributed by atoms with Gasteiger partial charge < -0.3 is 10.1 Å². The molecule has 0 radical (unpaired) electrons. The van der Waals surface area contributed by atoms with E-state index in [0.717, 1.165) is 6.42 Å². The Bertz CT molecular complexity index is 547. The molecule has 0 atom stereocenters. The first-order valence-corrected chi connectivity index (χ1v) is 6.45. The smallest absolute Gasteiger partial charge is 0.261 e. The zero-order valence-corrected chi connectivity index (χ0v) is 11.6. The predicted octanol–water partition coefficient (Wildman–Crippen LogP) is 2.66. The minimum absolute atomic E-state index is 0.109. The number of halogens is 1. The van der Waals surface area contributed by atoms with Crippen LogP contribution in [-0.4, -0.2) is 19.1 Å². The maximum atomic E-state index is 13.8. The van der Waals surface area contributed by atoms with E-state index in [9.17, 15) is 9.18 Å². The molecule has 1 aromatic rings. The Kier molecular flexibility index (Phi) is 6.24. The molecule has 0 aliphatic heterocycles. The summed E-state index contributed by atoms with van der Waals surface area (Å²) in [6.07, 6.45) is 1.97. The molecular weight excluding hydrogens is 259 g/mol. The Morgan fingerprint density at radius 3 is 2.85 bits per heavy atom. The van der Waals surface area contributed by atoms with Gasteiger partial charge in [0.05, 0.1) is 12.2 Å². The largest absolute Gasteiger partial charge is 0.493 e. The maximum Gasteiger partial charge on any atom is 0.261 e. The molecule has 0 spiro atoms. The van der Waals surface area contributed by atoms with E-state index in [2.05, 4.69) is 5.32 Å². The van der Waals surface area contributed by atoms with Gasteiger partial charge in [-0.1, -0.05) is 13.0 Å². The highest BCUT2D eigenvalue weighted by atomic mass is 19.1. The molecule has 4 nitrogen and oxygen atoms in total. The number of benzene rings is 1. The third-order valence-corrected chi connectivity index (χ3v) is 2.50. The fraction of sp³-hybridized carbons (Fsp3) is 0.333. The van der Waals surface area contributed by atoms with Gasteiger partial charge >= 0.3 is 0 Å². The van der Waals surface area contributed by atoms with Crippen LogP contribution in [-0.2, 0) is 4.79 Å². The van der Waals surface area contributed by atoms with Gasteiger partial charge in [0.25, 0.3) is 5.91 Å². The normalized spacial score (nSPS) is 10.8. The van der Waals surface area contributed by atoms with Gasteiger partial charge in [0.1, 0.15) is 23.2 Å². The molecule has 0 bridgehead atoms.